The summed E-state index contributed by atoms with van der Waals surface area (Å²) in [5, 5.41) is 0. The van der Waals surface area contributed by atoms with Crippen LogP contribution >= 0.6 is 0 Å². The number of H-pyrrole nitrogens is 1. The standard InChI is InChI=1S/C11H12FN3/c12-9-4-2-1-3-8(9)11-10(5-6-13)14-7-15-11/h1-4,7H,5-6,13H2,(H,14,15). The molecular formula is C11H12FN3. The molecule has 0 fully saturated rings. The summed E-state index contributed by atoms with van der Waals surface area (Å²) in [6.45, 7) is 0.518. The maximum atomic E-state index is 13.5. The average molecular weight is 205 g/mol. The molecule has 0 aliphatic rings. The van der Waals surface area contributed by atoms with E-state index in [9.17, 15) is 4.39 Å². The molecular weight excluding hydrogens is 193 g/mol. The Balaban J connectivity index is 2.45. The van der Waals surface area contributed by atoms with Gasteiger partial charge in [0, 0.05) is 17.7 Å². The van der Waals surface area contributed by atoms with Crippen LogP contribution in [-0.2, 0) is 6.42 Å². The maximum absolute atomic E-state index is 13.5. The van der Waals surface area contributed by atoms with Crippen molar-refractivity contribution >= 4 is 0 Å². The van der Waals surface area contributed by atoms with Gasteiger partial charge in [-0.15, -0.1) is 0 Å². The monoisotopic (exact) mass is 205 g/mol. The molecule has 0 aliphatic heterocycles. The zero-order valence-electron chi connectivity index (χ0n) is 8.20. The first-order chi connectivity index (χ1) is 7.33. The van der Waals surface area contributed by atoms with Crippen LogP contribution in [0.2, 0.25) is 0 Å². The van der Waals surface area contributed by atoms with Crippen molar-refractivity contribution in [2.24, 2.45) is 5.73 Å². The summed E-state index contributed by atoms with van der Waals surface area (Å²) < 4.78 is 13.5. The molecule has 3 N–H and O–H groups in total. The van der Waals surface area contributed by atoms with Crippen molar-refractivity contribution in [3.63, 3.8) is 0 Å². The summed E-state index contributed by atoms with van der Waals surface area (Å²) in [5.41, 5.74) is 7.51. The second-order valence-electron chi connectivity index (χ2n) is 3.25. The van der Waals surface area contributed by atoms with E-state index >= 15 is 0 Å². The minimum Gasteiger partial charge on any atom is -0.348 e. The van der Waals surface area contributed by atoms with Crippen LogP contribution in [0.1, 0.15) is 5.69 Å². The minimum absolute atomic E-state index is 0.261. The molecule has 1 aromatic carbocycles. The highest BCUT2D eigenvalue weighted by Crippen LogP contribution is 2.23. The van der Waals surface area contributed by atoms with E-state index in [1.807, 2.05) is 0 Å². The van der Waals surface area contributed by atoms with Gasteiger partial charge in [0.1, 0.15) is 5.82 Å². The van der Waals surface area contributed by atoms with Gasteiger partial charge in [0.25, 0.3) is 0 Å². The lowest BCUT2D eigenvalue weighted by Gasteiger charge is -2.02. The minimum atomic E-state index is -0.261. The van der Waals surface area contributed by atoms with Gasteiger partial charge >= 0.3 is 0 Å². The van der Waals surface area contributed by atoms with Crippen molar-refractivity contribution in [1.29, 1.82) is 0 Å². The highest BCUT2D eigenvalue weighted by molar-refractivity contribution is 5.62. The van der Waals surface area contributed by atoms with E-state index < -0.39 is 0 Å². The van der Waals surface area contributed by atoms with Gasteiger partial charge in [0.15, 0.2) is 0 Å². The number of hydrogen-bond acceptors (Lipinski definition) is 2. The molecule has 0 amide bonds. The van der Waals surface area contributed by atoms with E-state index in [-0.39, 0.29) is 5.82 Å². The number of nitrogens with zero attached hydrogens (tertiary/aromatic N) is 1. The van der Waals surface area contributed by atoms with Crippen LogP contribution in [0, 0.1) is 5.82 Å². The van der Waals surface area contributed by atoms with E-state index in [4.69, 9.17) is 5.73 Å². The fraction of sp³-hybridized carbons (Fsp3) is 0.182. The predicted octanol–water partition coefficient (Wildman–Crippen LogP) is 1.72. The smallest absolute Gasteiger partial charge is 0.132 e. The van der Waals surface area contributed by atoms with Crippen molar-refractivity contribution in [2.75, 3.05) is 6.54 Å². The van der Waals surface area contributed by atoms with Crippen molar-refractivity contribution in [2.45, 2.75) is 6.42 Å². The van der Waals surface area contributed by atoms with Gasteiger partial charge in [-0.1, -0.05) is 12.1 Å². The van der Waals surface area contributed by atoms with Gasteiger partial charge in [-0.25, -0.2) is 9.37 Å². The molecule has 2 rings (SSSR count). The molecule has 78 valence electrons. The van der Waals surface area contributed by atoms with Crippen LogP contribution < -0.4 is 5.73 Å². The van der Waals surface area contributed by atoms with Crippen LogP contribution in [0.15, 0.2) is 30.6 Å². The Morgan fingerprint density at radius 3 is 2.87 bits per heavy atom. The summed E-state index contributed by atoms with van der Waals surface area (Å²) in [6, 6.07) is 6.59. The maximum Gasteiger partial charge on any atom is 0.132 e. The third-order valence-electron chi connectivity index (χ3n) is 2.24. The van der Waals surface area contributed by atoms with E-state index in [0.29, 0.717) is 24.2 Å². The third-order valence-corrected chi connectivity index (χ3v) is 2.24. The molecule has 0 bridgehead atoms. The van der Waals surface area contributed by atoms with Gasteiger partial charge in [0.2, 0.25) is 0 Å². The van der Waals surface area contributed by atoms with Crippen LogP contribution in [0.3, 0.4) is 0 Å². The number of rotatable bonds is 3. The number of aromatic nitrogens is 2. The van der Waals surface area contributed by atoms with Crippen molar-refractivity contribution in [1.82, 2.24) is 9.97 Å². The molecule has 0 saturated heterocycles. The zero-order valence-corrected chi connectivity index (χ0v) is 8.20. The van der Waals surface area contributed by atoms with Crippen molar-refractivity contribution in [3.05, 3.63) is 42.1 Å². The highest BCUT2D eigenvalue weighted by atomic mass is 19.1. The van der Waals surface area contributed by atoms with Gasteiger partial charge in [-0.05, 0) is 18.7 Å². The largest absolute Gasteiger partial charge is 0.348 e. The molecule has 0 aliphatic carbocycles. The molecule has 15 heavy (non-hydrogen) atoms. The lowest BCUT2D eigenvalue weighted by atomic mass is 10.1. The second kappa shape index (κ2) is 4.23. The Morgan fingerprint density at radius 1 is 1.33 bits per heavy atom. The Morgan fingerprint density at radius 2 is 2.13 bits per heavy atom. The molecule has 1 heterocycles. The molecule has 0 radical (unpaired) electrons. The Labute approximate surface area is 87.2 Å². The lowest BCUT2D eigenvalue weighted by Crippen LogP contribution is -2.04. The van der Waals surface area contributed by atoms with E-state index in [1.54, 1.807) is 24.5 Å². The third kappa shape index (κ3) is 1.89. The zero-order chi connectivity index (χ0) is 10.7. The number of imidazole rings is 1. The van der Waals surface area contributed by atoms with Crippen molar-refractivity contribution in [3.8, 4) is 11.3 Å². The normalized spacial score (nSPS) is 10.5. The Kier molecular flexibility index (Phi) is 2.78. The number of nitrogens with two attached hydrogens (primary N) is 1. The topological polar surface area (TPSA) is 54.7 Å². The molecule has 0 saturated carbocycles. The molecule has 1 aromatic heterocycles. The second-order valence-corrected chi connectivity index (χ2v) is 3.25. The number of benzene rings is 1. The average Bonchev–Trinajstić information content (AvgIpc) is 2.67. The predicted molar refractivity (Wildman–Crippen MR) is 56.7 cm³/mol. The Bertz CT molecular complexity index is 451. The van der Waals surface area contributed by atoms with Crippen LogP contribution in [0.25, 0.3) is 11.3 Å². The molecule has 3 nitrogen and oxygen atoms in total. The van der Waals surface area contributed by atoms with E-state index in [1.165, 1.54) is 6.07 Å². The van der Waals surface area contributed by atoms with Crippen molar-refractivity contribution < 1.29 is 4.39 Å². The van der Waals surface area contributed by atoms with Gasteiger partial charge in [-0.2, -0.15) is 0 Å². The fourth-order valence-corrected chi connectivity index (χ4v) is 1.54. The molecule has 0 unspecified atom stereocenters. The first kappa shape index (κ1) is 9.86. The summed E-state index contributed by atoms with van der Waals surface area (Å²) in [6.07, 6.45) is 2.23. The van der Waals surface area contributed by atoms with E-state index in [2.05, 4.69) is 9.97 Å². The fourth-order valence-electron chi connectivity index (χ4n) is 1.54. The Hall–Kier alpha value is -1.68. The SMILES string of the molecule is NCCc1[nH]cnc1-c1ccccc1F. The molecule has 0 spiro atoms. The summed E-state index contributed by atoms with van der Waals surface area (Å²) >= 11 is 0. The number of halogens is 1. The summed E-state index contributed by atoms with van der Waals surface area (Å²) in [5.74, 6) is -0.261. The number of nitrogens with one attached hydrogen (secondary N) is 1. The first-order valence-electron chi connectivity index (χ1n) is 4.80. The molecule has 0 atom stereocenters. The first-order valence-corrected chi connectivity index (χ1v) is 4.80. The quantitative estimate of drug-likeness (QED) is 0.801. The number of aromatic amines is 1. The van der Waals surface area contributed by atoms with E-state index in [0.717, 1.165) is 5.69 Å². The lowest BCUT2D eigenvalue weighted by molar-refractivity contribution is 0.630. The molecule has 4 heteroatoms. The van der Waals surface area contributed by atoms with Crippen LogP contribution in [-0.4, -0.2) is 16.5 Å². The van der Waals surface area contributed by atoms with Gasteiger partial charge < -0.3 is 10.7 Å². The summed E-state index contributed by atoms with van der Waals surface area (Å²) in [7, 11) is 0. The highest BCUT2D eigenvalue weighted by Gasteiger charge is 2.10. The number of hydrogen-bond donors (Lipinski definition) is 2. The van der Waals surface area contributed by atoms with Crippen LogP contribution in [0.4, 0.5) is 4.39 Å². The van der Waals surface area contributed by atoms with Crippen LogP contribution in [0.5, 0.6) is 0 Å². The summed E-state index contributed by atoms with van der Waals surface area (Å²) in [4.78, 5) is 7.09. The molecule has 2 aromatic rings. The van der Waals surface area contributed by atoms with Gasteiger partial charge in [0.05, 0.1) is 12.0 Å². The van der Waals surface area contributed by atoms with Gasteiger partial charge in [-0.3, -0.25) is 0 Å².